The quantitative estimate of drug-likeness (QED) is 0.691. The number of rotatable bonds is 5. The van der Waals surface area contributed by atoms with Gasteiger partial charge in [-0.25, -0.2) is 14.8 Å². The van der Waals surface area contributed by atoms with E-state index in [9.17, 15) is 4.79 Å². The van der Waals surface area contributed by atoms with Crippen LogP contribution in [0.2, 0.25) is 0 Å². The molecule has 2 aromatic heterocycles. The number of nitrogens with zero attached hydrogens (tertiary/aromatic N) is 4. The van der Waals surface area contributed by atoms with E-state index in [1.54, 1.807) is 43.7 Å². The maximum Gasteiger partial charge on any atom is 0.338 e. The summed E-state index contributed by atoms with van der Waals surface area (Å²) in [5, 5.41) is 3.16. The van der Waals surface area contributed by atoms with Crippen LogP contribution in [-0.4, -0.2) is 38.7 Å². The number of nitrogens with one attached hydrogen (secondary N) is 1. The first kappa shape index (κ1) is 17.4. The summed E-state index contributed by atoms with van der Waals surface area (Å²) in [5.41, 5.74) is 2.75. The van der Waals surface area contributed by atoms with Gasteiger partial charge in [-0.15, -0.1) is 0 Å². The Balaban J connectivity index is 1.54. The van der Waals surface area contributed by atoms with E-state index in [0.29, 0.717) is 18.1 Å². The predicted molar refractivity (Wildman–Crippen MR) is 99.8 cm³/mol. The van der Waals surface area contributed by atoms with E-state index in [-0.39, 0.29) is 12.2 Å². The Bertz CT molecular complexity index is 932. The fourth-order valence-corrected chi connectivity index (χ4v) is 3.07. The van der Waals surface area contributed by atoms with Crippen LogP contribution in [0.25, 0.3) is 11.2 Å². The minimum atomic E-state index is -0.335. The molecule has 0 radical (unpaired) electrons. The summed E-state index contributed by atoms with van der Waals surface area (Å²) in [6.07, 6.45) is 6.59. The second-order valence-corrected chi connectivity index (χ2v) is 6.30. The highest BCUT2D eigenvalue weighted by Crippen LogP contribution is 2.26. The topological polar surface area (TPSA) is 91.2 Å². The summed E-state index contributed by atoms with van der Waals surface area (Å²) in [5.74, 6) is 0.127. The molecule has 1 aliphatic rings. The van der Waals surface area contributed by atoms with Crippen molar-refractivity contribution in [3.63, 3.8) is 0 Å². The molecule has 1 aromatic carbocycles. The van der Waals surface area contributed by atoms with Crippen molar-refractivity contribution >= 4 is 28.8 Å². The fraction of sp³-hybridized carbons (Fsp3) is 0.368. The number of carbonyl (C=O) groups excluding carboxylic acids is 1. The molecule has 8 heteroatoms. The lowest BCUT2D eigenvalue weighted by atomic mass is 10.2. The van der Waals surface area contributed by atoms with Crippen molar-refractivity contribution in [3.05, 3.63) is 42.4 Å². The molecule has 1 unspecified atom stereocenters. The van der Waals surface area contributed by atoms with Gasteiger partial charge in [-0.05, 0) is 50.5 Å². The molecule has 1 aliphatic heterocycles. The Labute approximate surface area is 156 Å². The Hall–Kier alpha value is -3.00. The van der Waals surface area contributed by atoms with Crippen molar-refractivity contribution in [2.24, 2.45) is 0 Å². The molecule has 0 bridgehead atoms. The van der Waals surface area contributed by atoms with Gasteiger partial charge in [-0.2, -0.15) is 4.98 Å². The monoisotopic (exact) mass is 367 g/mol. The molecule has 27 heavy (non-hydrogen) atoms. The third kappa shape index (κ3) is 3.75. The molecule has 3 aromatic rings. The van der Waals surface area contributed by atoms with E-state index < -0.39 is 0 Å². The second-order valence-electron chi connectivity index (χ2n) is 6.30. The SMILES string of the molecule is CCOC(=O)c1ccc(Nc2ncc3ncn(C4CCCCO4)c3n2)cc1. The minimum absolute atomic E-state index is 0.0321. The zero-order valence-electron chi connectivity index (χ0n) is 15.1. The molecule has 1 fully saturated rings. The van der Waals surface area contributed by atoms with Gasteiger partial charge in [0, 0.05) is 12.3 Å². The standard InChI is InChI=1S/C19H21N5O3/c1-2-26-18(25)13-6-8-14(9-7-13)22-19-20-11-15-17(23-19)24(12-21-15)16-5-3-4-10-27-16/h6-9,11-12,16H,2-5,10H2,1H3,(H,20,22,23). The van der Waals surface area contributed by atoms with Crippen molar-refractivity contribution < 1.29 is 14.3 Å². The molecule has 140 valence electrons. The molecule has 4 rings (SSSR count). The highest BCUT2D eigenvalue weighted by molar-refractivity contribution is 5.89. The van der Waals surface area contributed by atoms with E-state index in [2.05, 4.69) is 20.3 Å². The molecule has 0 aliphatic carbocycles. The van der Waals surface area contributed by atoms with Gasteiger partial charge in [0.25, 0.3) is 0 Å². The van der Waals surface area contributed by atoms with Crippen LogP contribution in [0.1, 0.15) is 42.8 Å². The van der Waals surface area contributed by atoms with E-state index in [4.69, 9.17) is 9.47 Å². The third-order valence-corrected chi connectivity index (χ3v) is 4.43. The van der Waals surface area contributed by atoms with Crippen LogP contribution < -0.4 is 5.32 Å². The Kier molecular flexibility index (Phi) is 4.97. The summed E-state index contributed by atoms with van der Waals surface area (Å²) >= 11 is 0. The highest BCUT2D eigenvalue weighted by Gasteiger charge is 2.19. The average molecular weight is 367 g/mol. The van der Waals surface area contributed by atoms with Crippen LogP contribution in [0.4, 0.5) is 11.6 Å². The smallest absolute Gasteiger partial charge is 0.338 e. The number of esters is 1. The van der Waals surface area contributed by atoms with Crippen LogP contribution in [0.5, 0.6) is 0 Å². The van der Waals surface area contributed by atoms with Crippen molar-refractivity contribution in [3.8, 4) is 0 Å². The molecule has 0 amide bonds. The fourth-order valence-electron chi connectivity index (χ4n) is 3.07. The minimum Gasteiger partial charge on any atom is -0.462 e. The number of anilines is 2. The van der Waals surface area contributed by atoms with Gasteiger partial charge in [-0.1, -0.05) is 0 Å². The second kappa shape index (κ2) is 7.71. The molecule has 0 saturated carbocycles. The van der Waals surface area contributed by atoms with Crippen molar-refractivity contribution in [1.82, 2.24) is 19.5 Å². The molecule has 3 heterocycles. The largest absolute Gasteiger partial charge is 0.462 e. The molecule has 1 atom stereocenters. The zero-order valence-corrected chi connectivity index (χ0v) is 15.1. The van der Waals surface area contributed by atoms with Crippen molar-refractivity contribution in [2.75, 3.05) is 18.5 Å². The van der Waals surface area contributed by atoms with E-state index in [1.807, 2.05) is 4.57 Å². The molecular formula is C19H21N5O3. The normalized spacial score (nSPS) is 17.0. The maximum atomic E-state index is 11.7. The number of fused-ring (bicyclic) bond motifs is 1. The maximum absolute atomic E-state index is 11.7. The van der Waals surface area contributed by atoms with Gasteiger partial charge < -0.3 is 14.8 Å². The summed E-state index contributed by atoms with van der Waals surface area (Å²) in [4.78, 5) is 25.0. The number of benzene rings is 1. The number of hydrogen-bond acceptors (Lipinski definition) is 7. The van der Waals surface area contributed by atoms with Crippen LogP contribution >= 0.6 is 0 Å². The first-order valence-corrected chi connectivity index (χ1v) is 9.10. The van der Waals surface area contributed by atoms with Gasteiger partial charge in [-0.3, -0.25) is 4.57 Å². The molecule has 0 spiro atoms. The van der Waals surface area contributed by atoms with Gasteiger partial charge in [0.15, 0.2) is 5.65 Å². The summed E-state index contributed by atoms with van der Waals surface area (Å²) in [7, 11) is 0. The Morgan fingerprint density at radius 1 is 1.30 bits per heavy atom. The molecule has 1 saturated heterocycles. The van der Waals surface area contributed by atoms with E-state index >= 15 is 0 Å². The predicted octanol–water partition coefficient (Wildman–Crippen LogP) is 3.45. The van der Waals surface area contributed by atoms with Crippen molar-refractivity contribution in [2.45, 2.75) is 32.4 Å². The van der Waals surface area contributed by atoms with Gasteiger partial charge in [0.1, 0.15) is 11.7 Å². The summed E-state index contributed by atoms with van der Waals surface area (Å²) in [6, 6.07) is 7.00. The lowest BCUT2D eigenvalue weighted by Crippen LogP contribution is -2.17. The third-order valence-electron chi connectivity index (χ3n) is 4.43. The number of hydrogen-bond donors (Lipinski definition) is 1. The number of imidazole rings is 1. The summed E-state index contributed by atoms with van der Waals surface area (Å²) < 4.78 is 12.8. The lowest BCUT2D eigenvalue weighted by Gasteiger charge is -2.23. The summed E-state index contributed by atoms with van der Waals surface area (Å²) in [6.45, 7) is 2.89. The van der Waals surface area contributed by atoms with Crippen LogP contribution in [0.15, 0.2) is 36.8 Å². The number of aromatic nitrogens is 4. The van der Waals surface area contributed by atoms with E-state index in [1.165, 1.54) is 0 Å². The number of carbonyl (C=O) groups is 1. The lowest BCUT2D eigenvalue weighted by molar-refractivity contribution is -0.0298. The first-order valence-electron chi connectivity index (χ1n) is 9.10. The van der Waals surface area contributed by atoms with Crippen LogP contribution in [0, 0.1) is 0 Å². The zero-order chi connectivity index (χ0) is 18.6. The number of ether oxygens (including phenoxy) is 2. The molecule has 1 N–H and O–H groups in total. The Morgan fingerprint density at radius 3 is 2.89 bits per heavy atom. The van der Waals surface area contributed by atoms with Gasteiger partial charge in [0.2, 0.25) is 5.95 Å². The average Bonchev–Trinajstić information content (AvgIpc) is 3.13. The molecular weight excluding hydrogens is 346 g/mol. The molecule has 8 nitrogen and oxygen atoms in total. The first-order chi connectivity index (χ1) is 13.2. The highest BCUT2D eigenvalue weighted by atomic mass is 16.5. The van der Waals surface area contributed by atoms with Crippen LogP contribution in [0.3, 0.4) is 0 Å². The van der Waals surface area contributed by atoms with E-state index in [0.717, 1.165) is 42.7 Å². The Morgan fingerprint density at radius 2 is 2.15 bits per heavy atom. The van der Waals surface area contributed by atoms with Crippen molar-refractivity contribution in [1.29, 1.82) is 0 Å². The van der Waals surface area contributed by atoms with Gasteiger partial charge in [0.05, 0.1) is 24.7 Å². The van der Waals surface area contributed by atoms with Gasteiger partial charge >= 0.3 is 5.97 Å². The van der Waals surface area contributed by atoms with Crippen LogP contribution in [-0.2, 0) is 9.47 Å².